The lowest BCUT2D eigenvalue weighted by atomic mass is 9.87. The molecule has 2 aliphatic rings. The number of hydrogen-bond donors (Lipinski definition) is 1. The molecular weight excluding hydrogens is 208 g/mol. The topological polar surface area (TPSA) is 29.3 Å². The zero-order chi connectivity index (χ0) is 12.0. The summed E-state index contributed by atoms with van der Waals surface area (Å²) in [5, 5.41) is 0. The lowest BCUT2D eigenvalue weighted by molar-refractivity contribution is 0.109. The van der Waals surface area contributed by atoms with E-state index in [4.69, 9.17) is 5.73 Å². The second kappa shape index (κ2) is 3.82. The lowest BCUT2D eigenvalue weighted by Gasteiger charge is -2.41. The van der Waals surface area contributed by atoms with Gasteiger partial charge in [-0.15, -0.1) is 0 Å². The third-order valence-electron chi connectivity index (χ3n) is 4.71. The highest BCUT2D eigenvalue weighted by Gasteiger charge is 2.50. The van der Waals surface area contributed by atoms with Gasteiger partial charge in [0.05, 0.1) is 0 Å². The number of piperidine rings is 1. The van der Waals surface area contributed by atoms with E-state index in [0.29, 0.717) is 0 Å². The Bertz CT molecular complexity index is 389. The second-order valence-electron chi connectivity index (χ2n) is 6.20. The summed E-state index contributed by atoms with van der Waals surface area (Å²) in [6.45, 7) is 7.07. The van der Waals surface area contributed by atoms with Crippen LogP contribution in [0.5, 0.6) is 0 Å². The number of fused-ring (bicyclic) bond motifs is 1. The van der Waals surface area contributed by atoms with Crippen LogP contribution in [0.25, 0.3) is 0 Å². The summed E-state index contributed by atoms with van der Waals surface area (Å²) in [6.07, 6.45) is 1.45. The standard InChI is InChI=1S/C15H22N2/c1-15(2,17-9-12-8-13(12)10-17)14(16)11-6-4-3-5-7-11/h3-7,12-14H,8-10,16H2,1-2H3. The van der Waals surface area contributed by atoms with Crippen LogP contribution in [0.3, 0.4) is 0 Å². The highest BCUT2D eigenvalue weighted by atomic mass is 15.2. The quantitative estimate of drug-likeness (QED) is 0.864. The van der Waals surface area contributed by atoms with Crippen molar-refractivity contribution in [3.05, 3.63) is 35.9 Å². The maximum Gasteiger partial charge on any atom is 0.0476 e. The first kappa shape index (κ1) is 11.2. The summed E-state index contributed by atoms with van der Waals surface area (Å²) in [7, 11) is 0. The van der Waals surface area contributed by atoms with Gasteiger partial charge in [-0.2, -0.15) is 0 Å². The van der Waals surface area contributed by atoms with Gasteiger partial charge < -0.3 is 5.73 Å². The zero-order valence-corrected chi connectivity index (χ0v) is 10.8. The molecule has 0 radical (unpaired) electrons. The van der Waals surface area contributed by atoms with E-state index in [2.05, 4.69) is 43.0 Å². The van der Waals surface area contributed by atoms with E-state index in [1.807, 2.05) is 6.07 Å². The zero-order valence-electron chi connectivity index (χ0n) is 10.8. The molecule has 3 rings (SSSR count). The first-order chi connectivity index (χ1) is 8.09. The van der Waals surface area contributed by atoms with Gasteiger partial charge in [0.15, 0.2) is 0 Å². The lowest BCUT2D eigenvalue weighted by Crippen LogP contribution is -2.50. The Labute approximate surface area is 104 Å². The van der Waals surface area contributed by atoms with Crippen molar-refractivity contribution in [3.63, 3.8) is 0 Å². The van der Waals surface area contributed by atoms with Gasteiger partial charge in [0.2, 0.25) is 0 Å². The Kier molecular flexibility index (Phi) is 2.53. The second-order valence-corrected chi connectivity index (χ2v) is 6.20. The van der Waals surface area contributed by atoms with Crippen LogP contribution in [0.15, 0.2) is 30.3 Å². The van der Waals surface area contributed by atoms with Gasteiger partial charge in [-0.05, 0) is 37.7 Å². The van der Waals surface area contributed by atoms with E-state index in [-0.39, 0.29) is 11.6 Å². The highest BCUT2D eigenvalue weighted by Crippen LogP contribution is 2.48. The molecule has 1 aliphatic heterocycles. The van der Waals surface area contributed by atoms with E-state index in [9.17, 15) is 0 Å². The van der Waals surface area contributed by atoms with Crippen molar-refractivity contribution in [1.29, 1.82) is 0 Å². The Hall–Kier alpha value is -0.860. The van der Waals surface area contributed by atoms with Gasteiger partial charge in [0.25, 0.3) is 0 Å². The fourth-order valence-electron chi connectivity index (χ4n) is 3.13. The van der Waals surface area contributed by atoms with Crippen LogP contribution in [0.4, 0.5) is 0 Å². The molecule has 0 bridgehead atoms. The minimum Gasteiger partial charge on any atom is -0.322 e. The van der Waals surface area contributed by atoms with Crippen LogP contribution < -0.4 is 5.73 Å². The molecule has 2 heteroatoms. The maximum absolute atomic E-state index is 6.47. The summed E-state index contributed by atoms with van der Waals surface area (Å²) < 4.78 is 0. The van der Waals surface area contributed by atoms with Gasteiger partial charge in [0.1, 0.15) is 0 Å². The van der Waals surface area contributed by atoms with Crippen molar-refractivity contribution in [2.45, 2.75) is 31.8 Å². The maximum atomic E-state index is 6.47. The van der Waals surface area contributed by atoms with Crippen molar-refractivity contribution in [3.8, 4) is 0 Å². The Morgan fingerprint density at radius 2 is 1.76 bits per heavy atom. The number of likely N-dealkylation sites (tertiary alicyclic amines) is 1. The SMILES string of the molecule is CC(C)(C(N)c1ccccc1)N1CC2CC2C1. The molecule has 0 aromatic heterocycles. The van der Waals surface area contributed by atoms with Crippen LogP contribution in [-0.4, -0.2) is 23.5 Å². The predicted octanol–water partition coefficient (Wildman–Crippen LogP) is 2.42. The minimum atomic E-state index is 0.0643. The molecule has 17 heavy (non-hydrogen) atoms. The monoisotopic (exact) mass is 230 g/mol. The van der Waals surface area contributed by atoms with Gasteiger partial charge in [-0.25, -0.2) is 0 Å². The molecular formula is C15H22N2. The first-order valence-electron chi connectivity index (χ1n) is 6.64. The smallest absolute Gasteiger partial charge is 0.0476 e. The normalized spacial score (nSPS) is 30.1. The van der Waals surface area contributed by atoms with Crippen molar-refractivity contribution < 1.29 is 0 Å². The Balaban J connectivity index is 1.77. The van der Waals surface area contributed by atoms with E-state index in [1.165, 1.54) is 25.1 Å². The summed E-state index contributed by atoms with van der Waals surface area (Å²) >= 11 is 0. The third-order valence-corrected chi connectivity index (χ3v) is 4.71. The van der Waals surface area contributed by atoms with Gasteiger partial charge in [-0.3, -0.25) is 4.90 Å². The van der Waals surface area contributed by atoms with Gasteiger partial charge in [0, 0.05) is 24.7 Å². The molecule has 2 nitrogen and oxygen atoms in total. The van der Waals surface area contributed by atoms with Crippen molar-refractivity contribution in [2.24, 2.45) is 17.6 Å². The first-order valence-corrected chi connectivity index (χ1v) is 6.64. The van der Waals surface area contributed by atoms with E-state index in [1.54, 1.807) is 0 Å². The minimum absolute atomic E-state index is 0.0643. The average Bonchev–Trinajstić information content (AvgIpc) is 2.96. The molecule has 1 saturated heterocycles. The molecule has 0 spiro atoms. The molecule has 1 aliphatic carbocycles. The number of rotatable bonds is 3. The van der Waals surface area contributed by atoms with E-state index >= 15 is 0 Å². The summed E-state index contributed by atoms with van der Waals surface area (Å²) in [6, 6.07) is 10.6. The van der Waals surface area contributed by atoms with Gasteiger partial charge >= 0.3 is 0 Å². The molecule has 1 aromatic rings. The average molecular weight is 230 g/mol. The van der Waals surface area contributed by atoms with Crippen LogP contribution in [0, 0.1) is 11.8 Å². The molecule has 1 heterocycles. The molecule has 2 N–H and O–H groups in total. The summed E-state index contributed by atoms with van der Waals surface area (Å²) in [4.78, 5) is 2.59. The van der Waals surface area contributed by atoms with E-state index in [0.717, 1.165) is 11.8 Å². The Morgan fingerprint density at radius 3 is 2.35 bits per heavy atom. The highest BCUT2D eigenvalue weighted by molar-refractivity contribution is 5.22. The predicted molar refractivity (Wildman–Crippen MR) is 70.6 cm³/mol. The number of hydrogen-bond acceptors (Lipinski definition) is 2. The Morgan fingerprint density at radius 1 is 1.18 bits per heavy atom. The number of nitrogens with zero attached hydrogens (tertiary/aromatic N) is 1. The molecule has 1 aromatic carbocycles. The fraction of sp³-hybridized carbons (Fsp3) is 0.600. The summed E-state index contributed by atoms with van der Waals surface area (Å²) in [5.74, 6) is 1.94. The molecule has 1 saturated carbocycles. The van der Waals surface area contributed by atoms with Crippen LogP contribution in [-0.2, 0) is 0 Å². The number of benzene rings is 1. The fourth-order valence-corrected chi connectivity index (χ4v) is 3.13. The molecule has 2 fully saturated rings. The molecule has 3 atom stereocenters. The third kappa shape index (κ3) is 1.90. The molecule has 0 amide bonds. The largest absolute Gasteiger partial charge is 0.322 e. The van der Waals surface area contributed by atoms with Crippen LogP contribution >= 0.6 is 0 Å². The van der Waals surface area contributed by atoms with Crippen molar-refractivity contribution >= 4 is 0 Å². The molecule has 92 valence electrons. The van der Waals surface area contributed by atoms with Crippen molar-refractivity contribution in [2.75, 3.05) is 13.1 Å². The van der Waals surface area contributed by atoms with Gasteiger partial charge in [-0.1, -0.05) is 30.3 Å². The van der Waals surface area contributed by atoms with Crippen LogP contribution in [0.1, 0.15) is 31.9 Å². The number of nitrogens with two attached hydrogens (primary N) is 1. The van der Waals surface area contributed by atoms with E-state index < -0.39 is 0 Å². The van der Waals surface area contributed by atoms with Crippen LogP contribution in [0.2, 0.25) is 0 Å². The summed E-state index contributed by atoms with van der Waals surface area (Å²) in [5.41, 5.74) is 7.78. The van der Waals surface area contributed by atoms with Crippen molar-refractivity contribution in [1.82, 2.24) is 4.90 Å². The molecule has 3 unspecified atom stereocenters.